The van der Waals surface area contributed by atoms with E-state index in [0.717, 1.165) is 0 Å². The molecule has 0 radical (unpaired) electrons. The van der Waals surface area contributed by atoms with Gasteiger partial charge in [-0.25, -0.2) is 0 Å². The third-order valence-electron chi connectivity index (χ3n) is 6.63. The molecule has 14 atom stereocenters. The molecule has 194 valence electrons. The van der Waals surface area contributed by atoms with Crippen molar-refractivity contribution in [2.75, 3.05) is 19.8 Å². The van der Waals surface area contributed by atoms with Crippen molar-refractivity contribution in [2.45, 2.75) is 100.0 Å². The molecule has 0 aromatic carbocycles. The molecular weight excluding hydrogens is 448 g/mol. The number of hydrogen-bond acceptors (Lipinski definition) is 13. The van der Waals surface area contributed by atoms with Crippen molar-refractivity contribution < 1.29 is 64.5 Å². The van der Waals surface area contributed by atoms with Crippen molar-refractivity contribution in [1.29, 1.82) is 0 Å². The standard InChI is InChI=1S/C20H36O13/c1-7-8(2)29-17(11(25)5-22)16(7)32-20-15(28)18(14(27)12(6-23)31-20)33-19-13(26)10(24)3-9(4-21)30-19/h7-28H,3-6H2,1-2H3/t7-,8-,9?,10+,11-,12?,13?,14+,15?,16?,17+,18+,19+,20-/m1/s1. The zero-order chi connectivity index (χ0) is 24.4. The first-order valence-electron chi connectivity index (χ1n) is 11.1. The second-order valence-electron chi connectivity index (χ2n) is 8.93. The molecule has 0 aromatic heterocycles. The van der Waals surface area contributed by atoms with E-state index >= 15 is 0 Å². The fourth-order valence-electron chi connectivity index (χ4n) is 4.41. The van der Waals surface area contributed by atoms with Gasteiger partial charge in [-0.1, -0.05) is 6.92 Å². The molecule has 3 aliphatic rings. The number of hydrogen-bond donors (Lipinski definition) is 8. The molecule has 13 heteroatoms. The Bertz CT molecular complexity index is 611. The lowest BCUT2D eigenvalue weighted by molar-refractivity contribution is -0.358. The largest absolute Gasteiger partial charge is 0.394 e. The van der Waals surface area contributed by atoms with Crippen LogP contribution in [-0.2, 0) is 23.7 Å². The predicted molar refractivity (Wildman–Crippen MR) is 106 cm³/mol. The summed E-state index contributed by atoms with van der Waals surface area (Å²) in [5, 5.41) is 80.2. The van der Waals surface area contributed by atoms with E-state index in [0.29, 0.717) is 0 Å². The van der Waals surface area contributed by atoms with E-state index in [-0.39, 0.29) is 18.4 Å². The van der Waals surface area contributed by atoms with E-state index < -0.39 is 93.4 Å². The van der Waals surface area contributed by atoms with Gasteiger partial charge in [0.1, 0.15) is 42.7 Å². The molecule has 3 aliphatic heterocycles. The molecule has 0 bridgehead atoms. The van der Waals surface area contributed by atoms with Crippen molar-refractivity contribution in [2.24, 2.45) is 5.92 Å². The Morgan fingerprint density at radius 2 is 1.45 bits per heavy atom. The molecule has 3 heterocycles. The lowest BCUT2D eigenvalue weighted by Crippen LogP contribution is -2.63. The number of aliphatic hydroxyl groups is 8. The highest BCUT2D eigenvalue weighted by Crippen LogP contribution is 2.35. The summed E-state index contributed by atoms with van der Waals surface area (Å²) in [6.45, 7) is 1.88. The van der Waals surface area contributed by atoms with Gasteiger partial charge in [-0.3, -0.25) is 0 Å². The van der Waals surface area contributed by atoms with Gasteiger partial charge in [-0.05, 0) is 6.92 Å². The van der Waals surface area contributed by atoms with E-state index in [1.165, 1.54) is 0 Å². The lowest BCUT2D eigenvalue weighted by Gasteiger charge is -2.45. The van der Waals surface area contributed by atoms with Crippen molar-refractivity contribution in [3.63, 3.8) is 0 Å². The summed E-state index contributed by atoms with van der Waals surface area (Å²) >= 11 is 0. The average molecular weight is 484 g/mol. The highest BCUT2D eigenvalue weighted by Gasteiger charge is 2.52. The lowest BCUT2D eigenvalue weighted by atomic mass is 9.95. The SMILES string of the molecule is C[C@H]1O[C@@H]([C@H](O)CO)C(O[C@H]2OC(CO)[C@H](O)[C@H](O[C@@H]3OC(CO)C[C@H](O)C3O)C2O)[C@@H]1C. The van der Waals surface area contributed by atoms with Crippen molar-refractivity contribution in [3.8, 4) is 0 Å². The maximum atomic E-state index is 10.9. The molecule has 0 spiro atoms. The quantitative estimate of drug-likeness (QED) is 0.165. The Morgan fingerprint density at radius 1 is 0.818 bits per heavy atom. The topological polar surface area (TPSA) is 208 Å². The van der Waals surface area contributed by atoms with Gasteiger partial charge in [0.2, 0.25) is 0 Å². The fourth-order valence-corrected chi connectivity index (χ4v) is 4.41. The van der Waals surface area contributed by atoms with Crippen LogP contribution in [0.25, 0.3) is 0 Å². The van der Waals surface area contributed by atoms with Gasteiger partial charge in [0.15, 0.2) is 12.6 Å². The van der Waals surface area contributed by atoms with E-state index in [9.17, 15) is 40.9 Å². The van der Waals surface area contributed by atoms with Gasteiger partial charge < -0.3 is 64.5 Å². The van der Waals surface area contributed by atoms with E-state index in [4.69, 9.17) is 23.7 Å². The minimum atomic E-state index is -1.64. The highest BCUT2D eigenvalue weighted by molar-refractivity contribution is 4.96. The molecule has 3 saturated heterocycles. The molecule has 33 heavy (non-hydrogen) atoms. The van der Waals surface area contributed by atoms with Gasteiger partial charge >= 0.3 is 0 Å². The predicted octanol–water partition coefficient (Wildman–Crippen LogP) is -4.20. The second-order valence-corrected chi connectivity index (χ2v) is 8.93. The number of rotatable bonds is 8. The molecule has 3 rings (SSSR count). The molecule has 0 aliphatic carbocycles. The van der Waals surface area contributed by atoms with Crippen LogP contribution in [0, 0.1) is 5.92 Å². The molecule has 0 saturated carbocycles. The highest BCUT2D eigenvalue weighted by atomic mass is 16.7. The number of ether oxygens (including phenoxy) is 5. The molecule has 3 fully saturated rings. The summed E-state index contributed by atoms with van der Waals surface area (Å²) in [5.41, 5.74) is 0. The smallest absolute Gasteiger partial charge is 0.187 e. The Morgan fingerprint density at radius 3 is 2.06 bits per heavy atom. The van der Waals surface area contributed by atoms with Gasteiger partial charge in [0.05, 0.1) is 44.2 Å². The third kappa shape index (κ3) is 5.67. The normalized spacial score (nSPS) is 49.8. The third-order valence-corrected chi connectivity index (χ3v) is 6.63. The molecule has 0 aromatic rings. The van der Waals surface area contributed by atoms with Crippen LogP contribution in [0.4, 0.5) is 0 Å². The van der Waals surface area contributed by atoms with Gasteiger partial charge in [-0.15, -0.1) is 0 Å². The van der Waals surface area contributed by atoms with Crippen LogP contribution < -0.4 is 0 Å². The first kappa shape index (κ1) is 27.1. The summed E-state index contributed by atoms with van der Waals surface area (Å²) in [5.74, 6) is -0.269. The van der Waals surface area contributed by atoms with Crippen molar-refractivity contribution in [3.05, 3.63) is 0 Å². The Hall–Kier alpha value is -0.520. The van der Waals surface area contributed by atoms with Crippen LogP contribution in [0.5, 0.6) is 0 Å². The zero-order valence-corrected chi connectivity index (χ0v) is 18.5. The maximum absolute atomic E-state index is 10.9. The second kappa shape index (κ2) is 11.5. The Kier molecular flexibility index (Phi) is 9.42. The molecule has 5 unspecified atom stereocenters. The van der Waals surface area contributed by atoms with Crippen LogP contribution in [-0.4, -0.2) is 140 Å². The van der Waals surface area contributed by atoms with Crippen LogP contribution in [0.1, 0.15) is 20.3 Å². The average Bonchev–Trinajstić information content (AvgIpc) is 3.08. The van der Waals surface area contributed by atoms with Gasteiger partial charge in [0.25, 0.3) is 0 Å². The van der Waals surface area contributed by atoms with Crippen molar-refractivity contribution >= 4 is 0 Å². The van der Waals surface area contributed by atoms with E-state index in [1.807, 2.05) is 0 Å². The Labute approximate surface area is 191 Å². The molecule has 13 nitrogen and oxygen atoms in total. The van der Waals surface area contributed by atoms with Crippen LogP contribution >= 0.6 is 0 Å². The summed E-state index contributed by atoms with van der Waals surface area (Å²) < 4.78 is 28.2. The number of aliphatic hydroxyl groups excluding tert-OH is 8. The summed E-state index contributed by atoms with van der Waals surface area (Å²) in [4.78, 5) is 0. The molecule has 0 amide bonds. The van der Waals surface area contributed by atoms with Crippen molar-refractivity contribution in [1.82, 2.24) is 0 Å². The molecule has 8 N–H and O–H groups in total. The first-order chi connectivity index (χ1) is 15.6. The zero-order valence-electron chi connectivity index (χ0n) is 18.5. The monoisotopic (exact) mass is 484 g/mol. The van der Waals surface area contributed by atoms with E-state index in [2.05, 4.69) is 0 Å². The van der Waals surface area contributed by atoms with Crippen LogP contribution in [0.15, 0.2) is 0 Å². The minimum Gasteiger partial charge on any atom is -0.394 e. The summed E-state index contributed by atoms with van der Waals surface area (Å²) in [7, 11) is 0. The Balaban J connectivity index is 1.77. The molecular formula is C20H36O13. The van der Waals surface area contributed by atoms with Gasteiger partial charge in [0, 0.05) is 12.3 Å². The van der Waals surface area contributed by atoms with Gasteiger partial charge in [-0.2, -0.15) is 0 Å². The van der Waals surface area contributed by atoms with Crippen LogP contribution in [0.2, 0.25) is 0 Å². The van der Waals surface area contributed by atoms with Crippen LogP contribution in [0.3, 0.4) is 0 Å². The minimum absolute atomic E-state index is 0.0340. The fraction of sp³-hybridized carbons (Fsp3) is 1.00. The van der Waals surface area contributed by atoms with E-state index in [1.54, 1.807) is 13.8 Å². The first-order valence-corrected chi connectivity index (χ1v) is 11.1. The summed E-state index contributed by atoms with van der Waals surface area (Å²) in [6.07, 6.45) is -15.8. The summed E-state index contributed by atoms with van der Waals surface area (Å²) in [6, 6.07) is 0. The maximum Gasteiger partial charge on any atom is 0.187 e.